The van der Waals surface area contributed by atoms with Crippen molar-refractivity contribution in [2.75, 3.05) is 0 Å². The first-order chi connectivity index (χ1) is 8.40. The topological polar surface area (TPSA) is 24.9 Å². The molecule has 1 rings (SSSR count). The van der Waals surface area contributed by atoms with Crippen LogP contribution in [0.4, 0.5) is 0 Å². The molecule has 1 heterocycles. The molecule has 1 aromatic heterocycles. The summed E-state index contributed by atoms with van der Waals surface area (Å²) < 4.78 is 0. The molecule has 0 aromatic carbocycles. The Morgan fingerprint density at radius 3 is 2.28 bits per heavy atom. The van der Waals surface area contributed by atoms with Gasteiger partial charge >= 0.3 is 0 Å². The number of nitrogens with zero attached hydrogens (tertiary/aromatic N) is 1. The second kappa shape index (κ2) is 7.25. The van der Waals surface area contributed by atoms with Crippen LogP contribution in [-0.2, 0) is 13.0 Å². The third kappa shape index (κ3) is 5.07. The van der Waals surface area contributed by atoms with Crippen LogP contribution >= 0.6 is 11.3 Å². The van der Waals surface area contributed by atoms with Gasteiger partial charge < -0.3 is 5.32 Å². The van der Waals surface area contributed by atoms with E-state index in [0.29, 0.717) is 12.0 Å². The number of rotatable bonds is 7. The molecule has 0 unspecified atom stereocenters. The van der Waals surface area contributed by atoms with Gasteiger partial charge in [-0.15, -0.1) is 11.3 Å². The summed E-state index contributed by atoms with van der Waals surface area (Å²) in [6.07, 6.45) is 2.37. The van der Waals surface area contributed by atoms with Crippen LogP contribution in [0.3, 0.4) is 0 Å². The highest BCUT2D eigenvalue weighted by Crippen LogP contribution is 2.26. The molecule has 0 spiro atoms. The van der Waals surface area contributed by atoms with E-state index in [9.17, 15) is 0 Å². The number of nitrogens with one attached hydrogen (secondary N) is 1. The molecule has 0 bridgehead atoms. The summed E-state index contributed by atoms with van der Waals surface area (Å²) in [6.45, 7) is 14.4. The fourth-order valence-electron chi connectivity index (χ4n) is 1.81. The minimum atomic E-state index is 0.526. The van der Waals surface area contributed by atoms with Crippen molar-refractivity contribution in [3.8, 4) is 0 Å². The Morgan fingerprint density at radius 1 is 1.11 bits per heavy atom. The maximum absolute atomic E-state index is 4.84. The normalized spacial score (nSPS) is 12.1. The van der Waals surface area contributed by atoms with E-state index in [0.717, 1.165) is 18.9 Å². The second-order valence-corrected chi connectivity index (χ2v) is 7.21. The minimum Gasteiger partial charge on any atom is -0.310 e. The van der Waals surface area contributed by atoms with Crippen molar-refractivity contribution in [3.05, 3.63) is 15.6 Å². The van der Waals surface area contributed by atoms with Crippen molar-refractivity contribution in [1.29, 1.82) is 0 Å². The van der Waals surface area contributed by atoms with Crippen LogP contribution in [0.5, 0.6) is 0 Å². The van der Waals surface area contributed by atoms with E-state index >= 15 is 0 Å². The van der Waals surface area contributed by atoms with E-state index in [1.165, 1.54) is 22.0 Å². The van der Waals surface area contributed by atoms with Crippen LogP contribution in [0.25, 0.3) is 0 Å². The van der Waals surface area contributed by atoms with Crippen molar-refractivity contribution in [3.63, 3.8) is 0 Å². The lowest BCUT2D eigenvalue weighted by molar-refractivity contribution is 0.582. The van der Waals surface area contributed by atoms with Crippen LogP contribution in [-0.4, -0.2) is 11.0 Å². The number of thiazole rings is 1. The van der Waals surface area contributed by atoms with Gasteiger partial charge in [-0.3, -0.25) is 0 Å². The highest BCUT2D eigenvalue weighted by Gasteiger charge is 2.14. The zero-order valence-electron chi connectivity index (χ0n) is 12.7. The van der Waals surface area contributed by atoms with Crippen LogP contribution < -0.4 is 5.32 Å². The first-order valence-electron chi connectivity index (χ1n) is 7.12. The van der Waals surface area contributed by atoms with Crippen LogP contribution in [0.1, 0.15) is 69.5 Å². The van der Waals surface area contributed by atoms with Crippen LogP contribution in [0.2, 0.25) is 0 Å². The van der Waals surface area contributed by atoms with Crippen LogP contribution in [0.15, 0.2) is 0 Å². The fourth-order valence-corrected chi connectivity index (χ4v) is 3.00. The minimum absolute atomic E-state index is 0.526. The third-order valence-electron chi connectivity index (χ3n) is 2.93. The monoisotopic (exact) mass is 268 g/mol. The van der Waals surface area contributed by atoms with E-state index in [4.69, 9.17) is 4.98 Å². The molecule has 2 nitrogen and oxygen atoms in total. The summed E-state index contributed by atoms with van der Waals surface area (Å²) >= 11 is 1.90. The molecule has 0 saturated heterocycles. The smallest absolute Gasteiger partial charge is 0.0931 e. The summed E-state index contributed by atoms with van der Waals surface area (Å²) in [4.78, 5) is 6.27. The summed E-state index contributed by atoms with van der Waals surface area (Å²) in [6, 6.07) is 0.534. The number of aromatic nitrogens is 1. The molecule has 104 valence electrons. The summed E-state index contributed by atoms with van der Waals surface area (Å²) in [5.74, 6) is 1.28. The van der Waals surface area contributed by atoms with Gasteiger partial charge in [0.25, 0.3) is 0 Å². The molecule has 0 radical (unpaired) electrons. The molecule has 1 N–H and O–H groups in total. The predicted molar refractivity (Wildman–Crippen MR) is 81.3 cm³/mol. The van der Waals surface area contributed by atoms with Gasteiger partial charge in [0.05, 0.1) is 10.7 Å². The lowest BCUT2D eigenvalue weighted by atomic mass is 10.1. The predicted octanol–water partition coefficient (Wildman–Crippen LogP) is 4.35. The largest absolute Gasteiger partial charge is 0.310 e. The average Bonchev–Trinajstić information content (AvgIpc) is 2.67. The molecule has 3 heteroatoms. The van der Waals surface area contributed by atoms with E-state index < -0.39 is 0 Å². The van der Waals surface area contributed by atoms with Gasteiger partial charge in [0, 0.05) is 17.5 Å². The van der Waals surface area contributed by atoms with E-state index in [1.54, 1.807) is 0 Å². The van der Waals surface area contributed by atoms with Crippen molar-refractivity contribution in [2.24, 2.45) is 5.92 Å². The summed E-state index contributed by atoms with van der Waals surface area (Å²) in [5, 5.41) is 4.82. The van der Waals surface area contributed by atoms with Crippen molar-refractivity contribution >= 4 is 11.3 Å². The zero-order valence-corrected chi connectivity index (χ0v) is 13.5. The highest BCUT2D eigenvalue weighted by molar-refractivity contribution is 7.11. The molecule has 0 aliphatic rings. The Kier molecular flexibility index (Phi) is 6.30. The summed E-state index contributed by atoms with van der Waals surface area (Å²) in [5.41, 5.74) is 1.30. The molecular formula is C15H28N2S. The lowest BCUT2D eigenvalue weighted by Gasteiger charge is -2.09. The SMILES string of the molecule is CC(C)CCc1nc(C(C)C)c(CNC(C)C)s1. The number of hydrogen-bond acceptors (Lipinski definition) is 3. The maximum Gasteiger partial charge on any atom is 0.0931 e. The first-order valence-corrected chi connectivity index (χ1v) is 7.93. The number of aryl methyl sites for hydroxylation is 1. The van der Waals surface area contributed by atoms with Gasteiger partial charge in [-0.05, 0) is 24.7 Å². The van der Waals surface area contributed by atoms with Gasteiger partial charge in [0.2, 0.25) is 0 Å². The van der Waals surface area contributed by atoms with Gasteiger partial charge in [-0.2, -0.15) is 0 Å². The molecule has 0 saturated carbocycles. The number of hydrogen-bond donors (Lipinski definition) is 1. The Balaban J connectivity index is 2.73. The molecule has 1 aromatic rings. The molecule has 18 heavy (non-hydrogen) atoms. The Bertz CT molecular complexity index is 353. The zero-order chi connectivity index (χ0) is 13.7. The average molecular weight is 268 g/mol. The van der Waals surface area contributed by atoms with Gasteiger partial charge in [0.1, 0.15) is 0 Å². The molecule has 0 amide bonds. The van der Waals surface area contributed by atoms with Gasteiger partial charge in [-0.1, -0.05) is 41.5 Å². The maximum atomic E-state index is 4.84. The van der Waals surface area contributed by atoms with Crippen LogP contribution in [0, 0.1) is 5.92 Å². The third-order valence-corrected chi connectivity index (χ3v) is 4.06. The van der Waals surface area contributed by atoms with Crippen molar-refractivity contribution in [2.45, 2.75) is 72.9 Å². The van der Waals surface area contributed by atoms with Gasteiger partial charge in [0.15, 0.2) is 0 Å². The first kappa shape index (κ1) is 15.6. The van der Waals surface area contributed by atoms with Crippen molar-refractivity contribution in [1.82, 2.24) is 10.3 Å². The molecule has 0 aliphatic heterocycles. The Morgan fingerprint density at radius 2 is 1.78 bits per heavy atom. The van der Waals surface area contributed by atoms with E-state index in [-0.39, 0.29) is 0 Å². The fraction of sp³-hybridized carbons (Fsp3) is 0.800. The Hall–Kier alpha value is -0.410. The van der Waals surface area contributed by atoms with Crippen molar-refractivity contribution < 1.29 is 0 Å². The molecule has 0 atom stereocenters. The second-order valence-electron chi connectivity index (χ2n) is 6.04. The molecular weight excluding hydrogens is 240 g/mol. The van der Waals surface area contributed by atoms with E-state index in [1.807, 2.05) is 11.3 Å². The quantitative estimate of drug-likeness (QED) is 0.795. The summed E-state index contributed by atoms with van der Waals surface area (Å²) in [7, 11) is 0. The lowest BCUT2D eigenvalue weighted by Crippen LogP contribution is -2.22. The van der Waals surface area contributed by atoms with E-state index in [2.05, 4.69) is 46.9 Å². The Labute approximate surface area is 116 Å². The standard InChI is InChI=1S/C15H28N2S/c1-10(2)7-8-14-17-15(11(3)4)13(18-14)9-16-12(5)6/h10-12,16H,7-9H2,1-6H3. The molecule has 0 aliphatic carbocycles. The van der Waals surface area contributed by atoms with Gasteiger partial charge in [-0.25, -0.2) is 4.98 Å². The highest BCUT2D eigenvalue weighted by atomic mass is 32.1. The molecule has 0 fully saturated rings.